The van der Waals surface area contributed by atoms with Crippen LogP contribution < -0.4 is 9.47 Å². The zero-order chi connectivity index (χ0) is 13.9. The van der Waals surface area contributed by atoms with E-state index in [4.69, 9.17) is 14.7 Å². The Bertz CT molecular complexity index is 594. The van der Waals surface area contributed by atoms with E-state index in [2.05, 4.69) is 5.16 Å². The van der Waals surface area contributed by atoms with Gasteiger partial charge in [-0.3, -0.25) is 0 Å². The molecule has 104 valence electrons. The van der Waals surface area contributed by atoms with Crippen LogP contribution in [0.3, 0.4) is 0 Å². The summed E-state index contributed by atoms with van der Waals surface area (Å²) in [6, 6.07) is 5.19. The van der Waals surface area contributed by atoms with Crippen LogP contribution in [0.2, 0.25) is 0 Å². The maximum absolute atomic E-state index is 11.0. The van der Waals surface area contributed by atoms with E-state index in [9.17, 15) is 8.42 Å². The zero-order valence-electron chi connectivity index (χ0n) is 10.5. The first-order valence-corrected chi connectivity index (χ1v) is 7.84. The van der Waals surface area contributed by atoms with Crippen molar-refractivity contribution in [3.8, 4) is 11.5 Å². The van der Waals surface area contributed by atoms with Gasteiger partial charge in [-0.15, -0.1) is 0 Å². The minimum Gasteiger partial charge on any atom is -0.493 e. The van der Waals surface area contributed by atoms with Crippen LogP contribution in [0.4, 0.5) is 0 Å². The monoisotopic (exact) mass is 285 g/mol. The molecule has 0 aliphatic carbocycles. The van der Waals surface area contributed by atoms with Gasteiger partial charge in [0, 0.05) is 17.9 Å². The second-order valence-electron chi connectivity index (χ2n) is 4.33. The molecule has 0 aromatic heterocycles. The van der Waals surface area contributed by atoms with Crippen LogP contribution in [-0.4, -0.2) is 44.6 Å². The minimum atomic E-state index is -2.95. The first kappa shape index (κ1) is 13.7. The highest BCUT2D eigenvalue weighted by Gasteiger charge is 2.20. The van der Waals surface area contributed by atoms with Crippen LogP contribution in [0.25, 0.3) is 0 Å². The van der Waals surface area contributed by atoms with Gasteiger partial charge in [0.2, 0.25) is 0 Å². The SMILES string of the molecule is CS(=O)(=O)CCCOc1ccc2c(c1)OCC2=NO. The van der Waals surface area contributed by atoms with E-state index in [1.54, 1.807) is 18.2 Å². The lowest BCUT2D eigenvalue weighted by molar-refractivity contribution is 0.311. The number of hydrogen-bond donors (Lipinski definition) is 1. The van der Waals surface area contributed by atoms with Gasteiger partial charge in [-0.05, 0) is 18.6 Å². The highest BCUT2D eigenvalue weighted by Crippen LogP contribution is 2.29. The molecular weight excluding hydrogens is 270 g/mol. The molecular formula is C12H15NO5S. The van der Waals surface area contributed by atoms with Gasteiger partial charge < -0.3 is 14.7 Å². The van der Waals surface area contributed by atoms with Crippen molar-refractivity contribution in [2.75, 3.05) is 25.2 Å². The molecule has 0 saturated carbocycles. The summed E-state index contributed by atoms with van der Waals surface area (Å²) in [5.74, 6) is 1.32. The van der Waals surface area contributed by atoms with Crippen molar-refractivity contribution in [3.05, 3.63) is 23.8 Å². The molecule has 1 aromatic rings. The molecule has 1 aromatic carbocycles. The Morgan fingerprint density at radius 1 is 1.47 bits per heavy atom. The number of oxime groups is 1. The van der Waals surface area contributed by atoms with Crippen LogP contribution in [0.1, 0.15) is 12.0 Å². The van der Waals surface area contributed by atoms with Gasteiger partial charge in [-0.2, -0.15) is 0 Å². The molecule has 0 saturated heterocycles. The van der Waals surface area contributed by atoms with Crippen molar-refractivity contribution in [2.45, 2.75) is 6.42 Å². The number of sulfone groups is 1. The maximum Gasteiger partial charge on any atom is 0.147 e. The lowest BCUT2D eigenvalue weighted by Crippen LogP contribution is -2.08. The molecule has 19 heavy (non-hydrogen) atoms. The molecule has 0 fully saturated rings. The van der Waals surface area contributed by atoms with Gasteiger partial charge in [0.25, 0.3) is 0 Å². The fourth-order valence-corrected chi connectivity index (χ4v) is 2.41. The quantitative estimate of drug-likeness (QED) is 0.497. The average Bonchev–Trinajstić information content (AvgIpc) is 2.75. The third kappa shape index (κ3) is 3.60. The predicted octanol–water partition coefficient (Wildman–Crippen LogP) is 1.07. The summed E-state index contributed by atoms with van der Waals surface area (Å²) in [6.07, 6.45) is 1.64. The van der Waals surface area contributed by atoms with Crippen LogP contribution in [0.5, 0.6) is 11.5 Å². The van der Waals surface area contributed by atoms with E-state index < -0.39 is 9.84 Å². The molecule has 1 N–H and O–H groups in total. The number of ether oxygens (including phenoxy) is 2. The molecule has 0 amide bonds. The summed E-state index contributed by atoms with van der Waals surface area (Å²) in [7, 11) is -2.95. The number of nitrogens with zero attached hydrogens (tertiary/aromatic N) is 1. The lowest BCUT2D eigenvalue weighted by Gasteiger charge is -2.07. The van der Waals surface area contributed by atoms with Gasteiger partial charge >= 0.3 is 0 Å². The zero-order valence-corrected chi connectivity index (χ0v) is 11.3. The number of rotatable bonds is 5. The minimum absolute atomic E-state index is 0.107. The molecule has 6 nitrogen and oxygen atoms in total. The Hall–Kier alpha value is -1.76. The molecule has 1 aliphatic heterocycles. The summed E-state index contributed by atoms with van der Waals surface area (Å²) in [5, 5.41) is 11.9. The molecule has 0 spiro atoms. The maximum atomic E-state index is 11.0. The molecule has 0 bridgehead atoms. The summed E-state index contributed by atoms with van der Waals surface area (Å²) < 4.78 is 32.7. The number of fused-ring (bicyclic) bond motifs is 1. The third-order valence-electron chi connectivity index (χ3n) is 2.68. The van der Waals surface area contributed by atoms with Crippen molar-refractivity contribution in [1.29, 1.82) is 0 Å². The number of benzene rings is 1. The topological polar surface area (TPSA) is 85.2 Å². The Morgan fingerprint density at radius 2 is 2.26 bits per heavy atom. The van der Waals surface area contributed by atoms with E-state index in [0.29, 0.717) is 30.2 Å². The Labute approximate surface area is 111 Å². The van der Waals surface area contributed by atoms with E-state index in [0.717, 1.165) is 5.56 Å². The summed E-state index contributed by atoms with van der Waals surface area (Å²) in [6.45, 7) is 0.566. The molecule has 0 unspecified atom stereocenters. The third-order valence-corrected chi connectivity index (χ3v) is 3.71. The van der Waals surface area contributed by atoms with Crippen molar-refractivity contribution >= 4 is 15.5 Å². The molecule has 7 heteroatoms. The van der Waals surface area contributed by atoms with Crippen LogP contribution in [0, 0.1) is 0 Å². The van der Waals surface area contributed by atoms with Gasteiger partial charge in [-0.1, -0.05) is 5.16 Å². The van der Waals surface area contributed by atoms with Crippen molar-refractivity contribution in [3.63, 3.8) is 0 Å². The van der Waals surface area contributed by atoms with Crippen LogP contribution >= 0.6 is 0 Å². The van der Waals surface area contributed by atoms with Gasteiger partial charge in [0.15, 0.2) is 0 Å². The van der Waals surface area contributed by atoms with Gasteiger partial charge in [-0.25, -0.2) is 8.42 Å². The van der Waals surface area contributed by atoms with E-state index in [1.165, 1.54) is 6.26 Å². The largest absolute Gasteiger partial charge is 0.493 e. The first-order chi connectivity index (χ1) is 8.99. The Balaban J connectivity index is 1.93. The lowest BCUT2D eigenvalue weighted by atomic mass is 10.1. The van der Waals surface area contributed by atoms with Crippen LogP contribution in [-0.2, 0) is 9.84 Å². The molecule has 2 rings (SSSR count). The van der Waals surface area contributed by atoms with E-state index in [1.807, 2.05) is 0 Å². The fourth-order valence-electron chi connectivity index (χ4n) is 1.77. The smallest absolute Gasteiger partial charge is 0.147 e. The van der Waals surface area contributed by atoms with Crippen molar-refractivity contribution in [1.82, 2.24) is 0 Å². The first-order valence-electron chi connectivity index (χ1n) is 5.78. The van der Waals surface area contributed by atoms with Crippen molar-refractivity contribution in [2.24, 2.45) is 5.16 Å². The highest BCUT2D eigenvalue weighted by atomic mass is 32.2. The summed E-state index contributed by atoms with van der Waals surface area (Å²) >= 11 is 0. The fraction of sp³-hybridized carbons (Fsp3) is 0.417. The second kappa shape index (κ2) is 5.48. The summed E-state index contributed by atoms with van der Waals surface area (Å²) in [5.41, 5.74) is 1.23. The molecule has 0 atom stereocenters. The summed E-state index contributed by atoms with van der Waals surface area (Å²) in [4.78, 5) is 0. The molecule has 0 radical (unpaired) electrons. The Kier molecular flexibility index (Phi) is 3.94. The normalized spacial score (nSPS) is 16.2. The number of hydrogen-bond acceptors (Lipinski definition) is 6. The highest BCUT2D eigenvalue weighted by molar-refractivity contribution is 7.90. The molecule has 1 aliphatic rings. The second-order valence-corrected chi connectivity index (χ2v) is 6.58. The van der Waals surface area contributed by atoms with Crippen LogP contribution in [0.15, 0.2) is 23.4 Å². The Morgan fingerprint density at radius 3 is 2.95 bits per heavy atom. The van der Waals surface area contributed by atoms with E-state index >= 15 is 0 Å². The molecule has 1 heterocycles. The van der Waals surface area contributed by atoms with E-state index in [-0.39, 0.29) is 12.4 Å². The average molecular weight is 285 g/mol. The van der Waals surface area contributed by atoms with Gasteiger partial charge in [0.1, 0.15) is 33.7 Å². The standard InChI is InChI=1S/C12H15NO5S/c1-19(15,16)6-2-5-17-9-3-4-10-11(13-14)8-18-12(10)7-9/h3-4,7,14H,2,5-6,8H2,1H3. The van der Waals surface area contributed by atoms with Gasteiger partial charge in [0.05, 0.1) is 12.4 Å². The predicted molar refractivity (Wildman–Crippen MR) is 70.1 cm³/mol. The van der Waals surface area contributed by atoms with Crippen molar-refractivity contribution < 1.29 is 23.1 Å².